The van der Waals surface area contributed by atoms with Crippen molar-refractivity contribution in [1.82, 2.24) is 0 Å². The lowest BCUT2D eigenvalue weighted by atomic mass is 10.2. The summed E-state index contributed by atoms with van der Waals surface area (Å²) >= 11 is 0. The number of Topliss-reactive ketones (excluding diaryl/α,β-unsaturated/α-hetero) is 1. The predicted octanol–water partition coefficient (Wildman–Crippen LogP) is 3.78. The first-order valence-corrected chi connectivity index (χ1v) is 9.45. The Kier molecular flexibility index (Phi) is 6.34. The molecule has 0 bridgehead atoms. The Hall–Kier alpha value is -0.833. The molecular weight excluding hydrogens is 216 g/mol. The summed E-state index contributed by atoms with van der Waals surface area (Å²) in [5, 5.41) is 0. The van der Waals surface area contributed by atoms with Crippen molar-refractivity contribution in [2.24, 2.45) is 0 Å². The summed E-state index contributed by atoms with van der Waals surface area (Å²) in [6.07, 6.45) is 2.09. The van der Waals surface area contributed by atoms with Crippen LogP contribution < -0.4 is 0 Å². The molecule has 2 nitrogen and oxygen atoms in total. The Morgan fingerprint density at radius 3 is 2.38 bits per heavy atom. The molecule has 0 aromatic heterocycles. The molecular formula is C13H24O2Si. The van der Waals surface area contributed by atoms with Gasteiger partial charge in [-0.15, -0.1) is 0 Å². The second-order valence-corrected chi connectivity index (χ2v) is 10.9. The van der Waals surface area contributed by atoms with Gasteiger partial charge in [-0.1, -0.05) is 33.1 Å². The van der Waals surface area contributed by atoms with Gasteiger partial charge >= 0.3 is 0 Å². The molecule has 0 aromatic carbocycles. The SMILES string of the molecule is C=C(CO/C=C(\C)C(=O)CC)C[Si](C)(C)C. The highest BCUT2D eigenvalue weighted by Gasteiger charge is 2.14. The van der Waals surface area contributed by atoms with Crippen molar-refractivity contribution in [2.45, 2.75) is 46.0 Å². The highest BCUT2D eigenvalue weighted by molar-refractivity contribution is 6.76. The van der Waals surface area contributed by atoms with E-state index in [1.807, 2.05) is 6.92 Å². The van der Waals surface area contributed by atoms with E-state index in [9.17, 15) is 4.79 Å². The van der Waals surface area contributed by atoms with Crippen LogP contribution in [0.5, 0.6) is 0 Å². The molecule has 0 aromatic rings. The molecule has 16 heavy (non-hydrogen) atoms. The van der Waals surface area contributed by atoms with Crippen LogP contribution in [0.4, 0.5) is 0 Å². The monoisotopic (exact) mass is 240 g/mol. The molecule has 92 valence electrons. The first-order valence-electron chi connectivity index (χ1n) is 5.74. The number of ketones is 1. The standard InChI is InChI=1S/C13H24O2Si/c1-7-13(14)12(3)9-15-8-11(2)10-16(4,5)6/h9H,2,7-8,10H2,1,3-6H3/b12-9+. The van der Waals surface area contributed by atoms with Gasteiger partial charge < -0.3 is 4.74 Å². The van der Waals surface area contributed by atoms with Crippen LogP contribution in [0, 0.1) is 0 Å². The summed E-state index contributed by atoms with van der Waals surface area (Å²) in [4.78, 5) is 11.3. The fraction of sp³-hybridized carbons (Fsp3) is 0.615. The smallest absolute Gasteiger partial charge is 0.161 e. The molecule has 0 radical (unpaired) electrons. The number of carbonyl (C=O) groups is 1. The Bertz CT molecular complexity index is 285. The Morgan fingerprint density at radius 2 is 1.94 bits per heavy atom. The molecule has 0 unspecified atom stereocenters. The van der Waals surface area contributed by atoms with Crippen LogP contribution in [0.1, 0.15) is 20.3 Å². The highest BCUT2D eigenvalue weighted by Crippen LogP contribution is 2.15. The molecule has 0 saturated carbocycles. The molecule has 0 N–H and O–H groups in total. The molecule has 0 aliphatic carbocycles. The van der Waals surface area contributed by atoms with Gasteiger partial charge in [-0.2, -0.15) is 0 Å². The van der Waals surface area contributed by atoms with Crippen LogP contribution >= 0.6 is 0 Å². The van der Waals surface area contributed by atoms with E-state index in [0.29, 0.717) is 18.6 Å². The van der Waals surface area contributed by atoms with Gasteiger partial charge in [0.05, 0.1) is 6.26 Å². The first-order chi connectivity index (χ1) is 7.26. The fourth-order valence-corrected chi connectivity index (χ4v) is 3.03. The first kappa shape index (κ1) is 15.2. The summed E-state index contributed by atoms with van der Waals surface area (Å²) in [5.74, 6) is 0.135. The quantitative estimate of drug-likeness (QED) is 0.293. The van der Waals surface area contributed by atoms with E-state index in [4.69, 9.17) is 4.74 Å². The second kappa shape index (κ2) is 6.69. The molecule has 3 heteroatoms. The highest BCUT2D eigenvalue weighted by atomic mass is 28.3. The molecule has 0 spiro atoms. The summed E-state index contributed by atoms with van der Waals surface area (Å²) in [5.41, 5.74) is 1.80. The number of carbonyl (C=O) groups excluding carboxylic acids is 1. The van der Waals surface area contributed by atoms with Crippen molar-refractivity contribution in [1.29, 1.82) is 0 Å². The van der Waals surface area contributed by atoms with Crippen molar-refractivity contribution >= 4 is 13.9 Å². The number of hydrogen-bond donors (Lipinski definition) is 0. The largest absolute Gasteiger partial charge is 0.496 e. The van der Waals surface area contributed by atoms with Gasteiger partial charge in [-0.3, -0.25) is 4.79 Å². The van der Waals surface area contributed by atoms with Crippen LogP contribution in [0.25, 0.3) is 0 Å². The third-order valence-corrected chi connectivity index (χ3v) is 3.65. The van der Waals surface area contributed by atoms with Crippen molar-refractivity contribution in [2.75, 3.05) is 6.61 Å². The molecule has 0 aliphatic heterocycles. The van der Waals surface area contributed by atoms with Crippen LogP contribution in [-0.2, 0) is 9.53 Å². The van der Waals surface area contributed by atoms with E-state index in [1.54, 1.807) is 13.2 Å². The Balaban J connectivity index is 3.99. The van der Waals surface area contributed by atoms with Crippen molar-refractivity contribution in [3.63, 3.8) is 0 Å². The van der Waals surface area contributed by atoms with Crippen molar-refractivity contribution in [3.05, 3.63) is 24.0 Å². The van der Waals surface area contributed by atoms with Crippen LogP contribution in [0.3, 0.4) is 0 Å². The summed E-state index contributed by atoms with van der Waals surface area (Å²) in [6.45, 7) is 15.1. The molecule has 0 atom stereocenters. The minimum Gasteiger partial charge on any atom is -0.496 e. The maximum absolute atomic E-state index is 11.3. The fourth-order valence-electron chi connectivity index (χ4n) is 1.43. The molecule has 0 fully saturated rings. The molecule has 0 aliphatic rings. The topological polar surface area (TPSA) is 26.3 Å². The van der Waals surface area contributed by atoms with E-state index in [-0.39, 0.29) is 5.78 Å². The van der Waals surface area contributed by atoms with Crippen molar-refractivity contribution in [3.8, 4) is 0 Å². The zero-order chi connectivity index (χ0) is 12.8. The van der Waals surface area contributed by atoms with E-state index in [2.05, 4.69) is 26.2 Å². The number of allylic oxidation sites excluding steroid dienone is 1. The maximum atomic E-state index is 11.3. The number of rotatable bonds is 7. The summed E-state index contributed by atoms with van der Waals surface area (Å²) < 4.78 is 5.37. The van der Waals surface area contributed by atoms with Gasteiger partial charge in [0, 0.05) is 20.1 Å². The van der Waals surface area contributed by atoms with Crippen LogP contribution in [0.15, 0.2) is 24.0 Å². The minimum absolute atomic E-state index is 0.135. The maximum Gasteiger partial charge on any atom is 0.161 e. The Morgan fingerprint density at radius 1 is 1.38 bits per heavy atom. The zero-order valence-corrected chi connectivity index (χ0v) is 12.2. The van der Waals surface area contributed by atoms with E-state index in [1.165, 1.54) is 0 Å². The third kappa shape index (κ3) is 7.46. The summed E-state index contributed by atoms with van der Waals surface area (Å²) in [6, 6.07) is 1.07. The molecule has 0 rings (SSSR count). The lowest BCUT2D eigenvalue weighted by molar-refractivity contribution is -0.115. The van der Waals surface area contributed by atoms with Crippen LogP contribution in [0.2, 0.25) is 25.7 Å². The van der Waals surface area contributed by atoms with Gasteiger partial charge in [0.2, 0.25) is 0 Å². The lowest BCUT2D eigenvalue weighted by Gasteiger charge is -2.17. The van der Waals surface area contributed by atoms with E-state index in [0.717, 1.165) is 11.6 Å². The average Bonchev–Trinajstić information content (AvgIpc) is 2.13. The van der Waals surface area contributed by atoms with E-state index >= 15 is 0 Å². The van der Waals surface area contributed by atoms with Gasteiger partial charge in [0.25, 0.3) is 0 Å². The third-order valence-electron chi connectivity index (χ3n) is 2.09. The Labute approximate surface area is 100 Å². The zero-order valence-electron chi connectivity index (χ0n) is 11.2. The lowest BCUT2D eigenvalue weighted by Crippen LogP contribution is -2.20. The number of ether oxygens (including phenoxy) is 1. The van der Waals surface area contributed by atoms with E-state index < -0.39 is 8.07 Å². The number of hydrogen-bond acceptors (Lipinski definition) is 2. The second-order valence-electron chi connectivity index (χ2n) is 5.38. The van der Waals surface area contributed by atoms with Gasteiger partial charge in [0.1, 0.15) is 6.61 Å². The van der Waals surface area contributed by atoms with Gasteiger partial charge in [-0.05, 0) is 18.5 Å². The van der Waals surface area contributed by atoms with Gasteiger partial charge in [-0.25, -0.2) is 0 Å². The normalized spacial score (nSPS) is 12.4. The predicted molar refractivity (Wildman–Crippen MR) is 72.3 cm³/mol. The average molecular weight is 240 g/mol. The molecule has 0 heterocycles. The van der Waals surface area contributed by atoms with Crippen LogP contribution in [-0.4, -0.2) is 20.5 Å². The van der Waals surface area contributed by atoms with Gasteiger partial charge in [0.15, 0.2) is 5.78 Å². The van der Waals surface area contributed by atoms with Crippen molar-refractivity contribution < 1.29 is 9.53 Å². The minimum atomic E-state index is -1.09. The molecule has 0 saturated heterocycles. The molecule has 0 amide bonds. The summed E-state index contributed by atoms with van der Waals surface area (Å²) in [7, 11) is -1.09.